The first-order chi connectivity index (χ1) is 14.5. The number of furan rings is 1. The van der Waals surface area contributed by atoms with E-state index in [1.54, 1.807) is 29.6 Å². The van der Waals surface area contributed by atoms with Gasteiger partial charge < -0.3 is 14.3 Å². The number of hydrogen-bond donors (Lipinski definition) is 2. The topological polar surface area (TPSA) is 102 Å². The monoisotopic (exact) mass is 427 g/mol. The summed E-state index contributed by atoms with van der Waals surface area (Å²) in [5.41, 5.74) is 1.59. The van der Waals surface area contributed by atoms with Crippen molar-refractivity contribution in [2.75, 3.05) is 11.9 Å². The molecule has 0 unspecified atom stereocenters. The molecule has 0 spiro atoms. The largest absolute Gasteiger partial charge is 0.459 e. The van der Waals surface area contributed by atoms with Crippen LogP contribution in [-0.4, -0.2) is 32.9 Å². The lowest BCUT2D eigenvalue weighted by molar-refractivity contribution is -0.120. The minimum Gasteiger partial charge on any atom is -0.459 e. The van der Waals surface area contributed by atoms with Gasteiger partial charge in [-0.15, -0.1) is 11.3 Å². The number of nitrogens with zero attached hydrogens (tertiary/aromatic N) is 3. The molecule has 3 heterocycles. The third-order valence-electron chi connectivity index (χ3n) is 4.48. The van der Waals surface area contributed by atoms with Gasteiger partial charge in [0, 0.05) is 25.4 Å². The van der Waals surface area contributed by atoms with E-state index >= 15 is 0 Å². The fourth-order valence-electron chi connectivity index (χ4n) is 3.00. The molecule has 0 aliphatic heterocycles. The number of halogens is 1. The van der Waals surface area contributed by atoms with Gasteiger partial charge in [0.25, 0.3) is 5.91 Å². The second-order valence-corrected chi connectivity index (χ2v) is 7.40. The molecule has 4 rings (SSSR count). The lowest BCUT2D eigenvalue weighted by Crippen LogP contribution is -2.28. The van der Waals surface area contributed by atoms with Crippen LogP contribution in [0.15, 0.2) is 46.4 Å². The summed E-state index contributed by atoms with van der Waals surface area (Å²) < 4.78 is 20.7. The SMILES string of the molecule is Cn1c(CCNC(=O)Cc2csc(NC(=O)c3ccco3)n2)nc2c(F)cccc21. The first-order valence-corrected chi connectivity index (χ1v) is 10.0. The van der Waals surface area contributed by atoms with Crippen molar-refractivity contribution in [2.24, 2.45) is 7.05 Å². The summed E-state index contributed by atoms with van der Waals surface area (Å²) in [6, 6.07) is 8.00. The van der Waals surface area contributed by atoms with Gasteiger partial charge in [0.15, 0.2) is 16.7 Å². The summed E-state index contributed by atoms with van der Waals surface area (Å²) in [6.07, 6.45) is 1.97. The van der Waals surface area contributed by atoms with Crippen molar-refractivity contribution in [1.82, 2.24) is 19.9 Å². The van der Waals surface area contributed by atoms with Gasteiger partial charge in [0.2, 0.25) is 5.91 Å². The van der Waals surface area contributed by atoms with Crippen LogP contribution in [0.1, 0.15) is 22.1 Å². The molecule has 4 aromatic rings. The highest BCUT2D eigenvalue weighted by atomic mass is 32.1. The number of carbonyl (C=O) groups excluding carboxylic acids is 2. The molecule has 154 valence electrons. The Morgan fingerprint density at radius 3 is 2.87 bits per heavy atom. The zero-order valence-electron chi connectivity index (χ0n) is 16.0. The van der Waals surface area contributed by atoms with Gasteiger partial charge in [-0.1, -0.05) is 6.07 Å². The number of rotatable bonds is 7. The molecule has 0 fully saturated rings. The number of aromatic nitrogens is 3. The van der Waals surface area contributed by atoms with Gasteiger partial charge in [-0.2, -0.15) is 0 Å². The molecule has 3 aromatic heterocycles. The van der Waals surface area contributed by atoms with Gasteiger partial charge in [0.05, 0.1) is 23.9 Å². The minimum absolute atomic E-state index is 0.0876. The summed E-state index contributed by atoms with van der Waals surface area (Å²) >= 11 is 1.23. The number of anilines is 1. The number of thiazole rings is 1. The number of aryl methyl sites for hydroxylation is 1. The van der Waals surface area contributed by atoms with Crippen LogP contribution in [0.25, 0.3) is 11.0 Å². The van der Waals surface area contributed by atoms with E-state index in [2.05, 4.69) is 20.6 Å². The number of nitrogens with one attached hydrogen (secondary N) is 2. The van der Waals surface area contributed by atoms with Crippen LogP contribution in [-0.2, 0) is 24.7 Å². The minimum atomic E-state index is -0.399. The average molecular weight is 427 g/mol. The lowest BCUT2D eigenvalue weighted by Gasteiger charge is -2.05. The van der Waals surface area contributed by atoms with E-state index < -0.39 is 5.91 Å². The fraction of sp³-hybridized carbons (Fsp3) is 0.200. The van der Waals surface area contributed by atoms with E-state index in [0.717, 1.165) is 0 Å². The summed E-state index contributed by atoms with van der Waals surface area (Å²) in [7, 11) is 1.82. The second kappa shape index (κ2) is 8.46. The molecule has 0 aliphatic rings. The van der Waals surface area contributed by atoms with Gasteiger partial charge >= 0.3 is 0 Å². The highest BCUT2D eigenvalue weighted by Gasteiger charge is 2.14. The van der Waals surface area contributed by atoms with Gasteiger partial charge in [-0.3, -0.25) is 14.9 Å². The summed E-state index contributed by atoms with van der Waals surface area (Å²) in [5.74, 6) is -0.0893. The Morgan fingerprint density at radius 2 is 2.10 bits per heavy atom. The first-order valence-electron chi connectivity index (χ1n) is 9.17. The maximum absolute atomic E-state index is 13.9. The van der Waals surface area contributed by atoms with E-state index in [1.807, 2.05) is 11.6 Å². The van der Waals surface area contributed by atoms with E-state index in [1.165, 1.54) is 23.7 Å². The highest BCUT2D eigenvalue weighted by molar-refractivity contribution is 7.14. The van der Waals surface area contributed by atoms with Crippen LogP contribution in [0.2, 0.25) is 0 Å². The maximum atomic E-state index is 13.9. The Hall–Kier alpha value is -3.53. The molecular weight excluding hydrogens is 409 g/mol. The van der Waals surface area contributed by atoms with Gasteiger partial charge in [-0.05, 0) is 24.3 Å². The van der Waals surface area contributed by atoms with Gasteiger partial charge in [-0.25, -0.2) is 14.4 Å². The van der Waals surface area contributed by atoms with E-state index in [-0.39, 0.29) is 23.9 Å². The van der Waals surface area contributed by atoms with E-state index in [0.29, 0.717) is 40.6 Å². The highest BCUT2D eigenvalue weighted by Crippen LogP contribution is 2.19. The van der Waals surface area contributed by atoms with Crippen molar-refractivity contribution in [3.05, 3.63) is 65.1 Å². The molecule has 0 saturated heterocycles. The molecule has 0 radical (unpaired) electrons. The molecule has 2 N–H and O–H groups in total. The summed E-state index contributed by atoms with van der Waals surface area (Å²) in [6.45, 7) is 0.365. The van der Waals surface area contributed by atoms with E-state index in [4.69, 9.17) is 4.42 Å². The third-order valence-corrected chi connectivity index (χ3v) is 5.29. The molecule has 1 aromatic carbocycles. The number of fused-ring (bicyclic) bond motifs is 1. The summed E-state index contributed by atoms with van der Waals surface area (Å²) in [5, 5.41) is 7.55. The Balaban J connectivity index is 1.28. The normalized spacial score (nSPS) is 11.0. The zero-order chi connectivity index (χ0) is 21.1. The molecule has 0 aliphatic carbocycles. The molecule has 30 heavy (non-hydrogen) atoms. The van der Waals surface area contributed by atoms with Crippen LogP contribution >= 0.6 is 11.3 Å². The van der Waals surface area contributed by atoms with Crippen molar-refractivity contribution in [2.45, 2.75) is 12.8 Å². The first kappa shape index (κ1) is 19.8. The molecule has 10 heteroatoms. The lowest BCUT2D eigenvalue weighted by atomic mass is 10.3. The number of para-hydroxylation sites is 1. The molecular formula is C20H18FN5O3S. The van der Waals surface area contributed by atoms with Crippen molar-refractivity contribution in [1.29, 1.82) is 0 Å². The zero-order valence-corrected chi connectivity index (χ0v) is 16.8. The number of carbonyl (C=O) groups is 2. The second-order valence-electron chi connectivity index (χ2n) is 6.55. The van der Waals surface area contributed by atoms with Crippen molar-refractivity contribution < 1.29 is 18.4 Å². The van der Waals surface area contributed by atoms with Crippen molar-refractivity contribution >= 4 is 39.3 Å². The molecule has 8 nitrogen and oxygen atoms in total. The molecule has 0 bridgehead atoms. The Morgan fingerprint density at radius 1 is 1.23 bits per heavy atom. The van der Waals surface area contributed by atoms with Crippen molar-refractivity contribution in [3.8, 4) is 0 Å². The number of benzene rings is 1. The molecule has 2 amide bonds. The fourth-order valence-corrected chi connectivity index (χ4v) is 3.71. The Kier molecular flexibility index (Phi) is 5.57. The average Bonchev–Trinajstić information content (AvgIpc) is 3.45. The predicted molar refractivity (Wildman–Crippen MR) is 110 cm³/mol. The van der Waals surface area contributed by atoms with Crippen molar-refractivity contribution in [3.63, 3.8) is 0 Å². The van der Waals surface area contributed by atoms with Gasteiger partial charge in [0.1, 0.15) is 11.3 Å². The molecule has 0 atom stereocenters. The molecule has 0 saturated carbocycles. The van der Waals surface area contributed by atoms with E-state index in [9.17, 15) is 14.0 Å². The van der Waals surface area contributed by atoms with Crippen LogP contribution in [0, 0.1) is 5.82 Å². The number of amides is 2. The predicted octanol–water partition coefficient (Wildman–Crippen LogP) is 2.92. The smallest absolute Gasteiger partial charge is 0.293 e. The van der Waals surface area contributed by atoms with Crippen LogP contribution in [0.3, 0.4) is 0 Å². The van der Waals surface area contributed by atoms with Crippen LogP contribution in [0.4, 0.5) is 9.52 Å². The quantitative estimate of drug-likeness (QED) is 0.472. The Bertz CT molecular complexity index is 1200. The standard InChI is InChI=1S/C20H18FN5O3S/c1-26-14-5-2-4-13(21)18(14)24-16(26)7-8-22-17(27)10-12-11-30-20(23-12)25-19(28)15-6-3-9-29-15/h2-6,9,11H,7-8,10H2,1H3,(H,22,27)(H,23,25,28). The van der Waals surface area contributed by atoms with Crippen LogP contribution in [0.5, 0.6) is 0 Å². The third kappa shape index (κ3) is 4.23. The number of imidazole rings is 1. The Labute approximate surface area is 174 Å². The summed E-state index contributed by atoms with van der Waals surface area (Å²) in [4.78, 5) is 32.7. The maximum Gasteiger partial charge on any atom is 0.293 e. The number of hydrogen-bond acceptors (Lipinski definition) is 6. The van der Waals surface area contributed by atoms with Crippen LogP contribution < -0.4 is 10.6 Å².